The highest BCUT2D eigenvalue weighted by molar-refractivity contribution is 7.11. The first-order valence-corrected chi connectivity index (χ1v) is 7.24. The number of aryl methyl sites for hydroxylation is 1. The molecule has 0 bridgehead atoms. The molecule has 1 fully saturated rings. The molecule has 1 aliphatic rings. The number of carbonyl (C=O) groups is 2. The number of rotatable bonds is 3. The first-order valence-electron chi connectivity index (χ1n) is 6.43. The van der Waals surface area contributed by atoms with Crippen LogP contribution in [0.3, 0.4) is 0 Å². The number of amides is 2. The quantitative estimate of drug-likeness (QED) is 0.913. The Hall–Kier alpha value is -1.43. The molecule has 19 heavy (non-hydrogen) atoms. The molecule has 5 nitrogen and oxygen atoms in total. The summed E-state index contributed by atoms with van der Waals surface area (Å²) in [7, 11) is 0. The van der Waals surface area contributed by atoms with Crippen LogP contribution in [0.15, 0.2) is 6.20 Å². The Labute approximate surface area is 117 Å². The van der Waals surface area contributed by atoms with Gasteiger partial charge in [-0.3, -0.25) is 9.59 Å². The monoisotopic (exact) mass is 281 g/mol. The smallest absolute Gasteiger partial charge is 0.243 e. The molecule has 1 N–H and O–H groups in total. The van der Waals surface area contributed by atoms with E-state index in [0.717, 1.165) is 9.88 Å². The molecule has 104 valence electrons. The third kappa shape index (κ3) is 2.63. The van der Waals surface area contributed by atoms with E-state index in [1.54, 1.807) is 22.4 Å². The van der Waals surface area contributed by atoms with Crippen molar-refractivity contribution in [1.82, 2.24) is 15.2 Å². The minimum absolute atomic E-state index is 0.0429. The summed E-state index contributed by atoms with van der Waals surface area (Å²) in [6, 6.07) is -0.579. The van der Waals surface area contributed by atoms with Crippen molar-refractivity contribution in [2.45, 2.75) is 39.8 Å². The summed E-state index contributed by atoms with van der Waals surface area (Å²) in [6.07, 6.45) is 1.80. The van der Waals surface area contributed by atoms with Crippen LogP contribution in [0.2, 0.25) is 0 Å². The summed E-state index contributed by atoms with van der Waals surface area (Å²) in [4.78, 5) is 31.3. The average molecular weight is 281 g/mol. The van der Waals surface area contributed by atoms with Crippen LogP contribution in [0, 0.1) is 12.8 Å². The second-order valence-electron chi connectivity index (χ2n) is 5.19. The van der Waals surface area contributed by atoms with Gasteiger partial charge in [-0.2, -0.15) is 0 Å². The first kappa shape index (κ1) is 14.0. The predicted molar refractivity (Wildman–Crippen MR) is 73.7 cm³/mol. The highest BCUT2D eigenvalue weighted by Gasteiger charge is 2.40. The van der Waals surface area contributed by atoms with Crippen LogP contribution in [0.1, 0.15) is 36.7 Å². The van der Waals surface area contributed by atoms with E-state index in [0.29, 0.717) is 0 Å². The largest absolute Gasteiger partial charge is 0.345 e. The van der Waals surface area contributed by atoms with Crippen molar-refractivity contribution in [1.29, 1.82) is 0 Å². The summed E-state index contributed by atoms with van der Waals surface area (Å²) in [5, 5.41) is 3.54. The van der Waals surface area contributed by atoms with Gasteiger partial charge in [-0.25, -0.2) is 4.98 Å². The lowest BCUT2D eigenvalue weighted by molar-refractivity contribution is -0.150. The lowest BCUT2D eigenvalue weighted by Gasteiger charge is -2.40. The van der Waals surface area contributed by atoms with E-state index in [1.807, 2.05) is 27.7 Å². The molecular formula is C13H19N3O2S. The number of piperazine rings is 1. The van der Waals surface area contributed by atoms with E-state index in [2.05, 4.69) is 10.3 Å². The van der Waals surface area contributed by atoms with E-state index in [4.69, 9.17) is 0 Å². The fourth-order valence-electron chi connectivity index (χ4n) is 2.41. The van der Waals surface area contributed by atoms with E-state index in [9.17, 15) is 9.59 Å². The summed E-state index contributed by atoms with van der Waals surface area (Å²) < 4.78 is 0. The molecule has 0 aliphatic carbocycles. The first-order chi connectivity index (χ1) is 8.91. The molecule has 1 aliphatic heterocycles. The Balaban J connectivity index is 2.32. The highest BCUT2D eigenvalue weighted by atomic mass is 32.1. The van der Waals surface area contributed by atoms with Crippen LogP contribution < -0.4 is 5.32 Å². The zero-order valence-electron chi connectivity index (χ0n) is 11.6. The standard InChI is InChI=1S/C13H19N3O2S/c1-7(2)11-12(18)14-6-10(17)16(11)9(4)13-15-5-8(3)19-13/h5,7,9,11H,6H2,1-4H3,(H,14,18). The molecule has 0 aromatic carbocycles. The maximum Gasteiger partial charge on any atom is 0.243 e. The molecule has 0 saturated carbocycles. The van der Waals surface area contributed by atoms with Gasteiger partial charge in [0.2, 0.25) is 11.8 Å². The molecule has 2 unspecified atom stereocenters. The molecule has 1 aromatic heterocycles. The molecule has 2 amide bonds. The Kier molecular flexibility index (Phi) is 3.89. The SMILES string of the molecule is Cc1cnc(C(C)N2C(=O)CNC(=O)C2C(C)C)s1. The molecule has 0 radical (unpaired) electrons. The van der Waals surface area contributed by atoms with Crippen molar-refractivity contribution < 1.29 is 9.59 Å². The van der Waals surface area contributed by atoms with Crippen LogP contribution in [0.4, 0.5) is 0 Å². The molecule has 6 heteroatoms. The minimum Gasteiger partial charge on any atom is -0.345 e. The van der Waals surface area contributed by atoms with Gasteiger partial charge in [-0.15, -0.1) is 11.3 Å². The van der Waals surface area contributed by atoms with Crippen LogP contribution in [0.5, 0.6) is 0 Å². The van der Waals surface area contributed by atoms with Gasteiger partial charge in [0.25, 0.3) is 0 Å². The Morgan fingerprint density at radius 3 is 2.63 bits per heavy atom. The average Bonchev–Trinajstić information content (AvgIpc) is 2.77. The van der Waals surface area contributed by atoms with Gasteiger partial charge in [0.15, 0.2) is 0 Å². The topological polar surface area (TPSA) is 62.3 Å². The van der Waals surface area contributed by atoms with Gasteiger partial charge in [0, 0.05) is 11.1 Å². The number of thiazole rings is 1. The summed E-state index contributed by atoms with van der Waals surface area (Å²) in [5.74, 6) is -0.0406. The number of nitrogens with one attached hydrogen (secondary N) is 1. The van der Waals surface area contributed by atoms with Crippen LogP contribution >= 0.6 is 11.3 Å². The van der Waals surface area contributed by atoms with E-state index < -0.39 is 6.04 Å². The zero-order valence-corrected chi connectivity index (χ0v) is 12.5. The molecule has 2 heterocycles. The lowest BCUT2D eigenvalue weighted by atomic mass is 9.98. The molecular weight excluding hydrogens is 262 g/mol. The van der Waals surface area contributed by atoms with Crippen molar-refractivity contribution >= 4 is 23.2 Å². The summed E-state index contributed by atoms with van der Waals surface area (Å²) in [6.45, 7) is 7.91. The third-order valence-electron chi connectivity index (χ3n) is 3.32. The maximum absolute atomic E-state index is 12.2. The Bertz CT molecular complexity index is 498. The van der Waals surface area contributed by atoms with Gasteiger partial charge in [0.05, 0.1) is 12.6 Å². The fourth-order valence-corrected chi connectivity index (χ4v) is 3.23. The number of aromatic nitrogens is 1. The van der Waals surface area contributed by atoms with Gasteiger partial charge >= 0.3 is 0 Å². The van der Waals surface area contributed by atoms with Crippen LogP contribution in [-0.2, 0) is 9.59 Å². The minimum atomic E-state index is -0.416. The summed E-state index contributed by atoms with van der Waals surface area (Å²) >= 11 is 1.57. The van der Waals surface area contributed by atoms with Crippen molar-refractivity contribution in [3.63, 3.8) is 0 Å². The highest BCUT2D eigenvalue weighted by Crippen LogP contribution is 2.29. The van der Waals surface area contributed by atoms with Gasteiger partial charge in [-0.1, -0.05) is 13.8 Å². The predicted octanol–water partition coefficient (Wildman–Crippen LogP) is 1.50. The lowest BCUT2D eigenvalue weighted by Crippen LogP contribution is -2.60. The number of nitrogens with zero attached hydrogens (tertiary/aromatic N) is 2. The van der Waals surface area contributed by atoms with Crippen molar-refractivity contribution in [2.75, 3.05) is 6.54 Å². The Morgan fingerprint density at radius 2 is 2.11 bits per heavy atom. The fraction of sp³-hybridized carbons (Fsp3) is 0.615. The molecule has 2 rings (SSSR count). The normalized spacial score (nSPS) is 21.7. The maximum atomic E-state index is 12.2. The Morgan fingerprint density at radius 1 is 1.42 bits per heavy atom. The van der Waals surface area contributed by atoms with Crippen LogP contribution in [-0.4, -0.2) is 34.3 Å². The second-order valence-corrected chi connectivity index (χ2v) is 6.46. The molecule has 1 aromatic rings. The molecule has 1 saturated heterocycles. The molecule has 0 spiro atoms. The zero-order chi connectivity index (χ0) is 14.2. The number of carbonyl (C=O) groups excluding carboxylic acids is 2. The van der Waals surface area contributed by atoms with Crippen molar-refractivity contribution in [3.05, 3.63) is 16.1 Å². The third-order valence-corrected chi connectivity index (χ3v) is 4.40. The molecule has 2 atom stereocenters. The number of hydrogen-bond donors (Lipinski definition) is 1. The number of hydrogen-bond acceptors (Lipinski definition) is 4. The van der Waals surface area contributed by atoms with Gasteiger partial charge in [-0.05, 0) is 19.8 Å². The van der Waals surface area contributed by atoms with Crippen LogP contribution in [0.25, 0.3) is 0 Å². The summed E-state index contributed by atoms with van der Waals surface area (Å²) in [5.41, 5.74) is 0. The van der Waals surface area contributed by atoms with E-state index in [-0.39, 0.29) is 30.3 Å². The van der Waals surface area contributed by atoms with E-state index in [1.165, 1.54) is 0 Å². The van der Waals surface area contributed by atoms with Gasteiger partial charge in [0.1, 0.15) is 11.0 Å². The van der Waals surface area contributed by atoms with Crippen molar-refractivity contribution in [2.24, 2.45) is 5.92 Å². The van der Waals surface area contributed by atoms with E-state index >= 15 is 0 Å². The van der Waals surface area contributed by atoms with Crippen molar-refractivity contribution in [3.8, 4) is 0 Å². The van der Waals surface area contributed by atoms with Gasteiger partial charge < -0.3 is 10.2 Å². The second kappa shape index (κ2) is 5.28.